The first-order valence-corrected chi connectivity index (χ1v) is 9.27. The second-order valence-corrected chi connectivity index (χ2v) is 6.48. The highest BCUT2D eigenvalue weighted by Gasteiger charge is 2.27. The molecule has 0 aliphatic rings. The maximum Gasteiger partial charge on any atom is 0.328 e. The SMILES string of the molecule is CCCCCC[C@H](NC(=O)[C@H](Cc1ccccc1F)NC(C)=O)C(=O)OC. The maximum absolute atomic E-state index is 13.9. The number of hydrogen-bond acceptors (Lipinski definition) is 4. The van der Waals surface area contributed by atoms with Crippen molar-refractivity contribution >= 4 is 17.8 Å². The Labute approximate surface area is 159 Å². The Balaban J connectivity index is 2.83. The summed E-state index contributed by atoms with van der Waals surface area (Å²) in [7, 11) is 1.26. The van der Waals surface area contributed by atoms with Crippen LogP contribution >= 0.6 is 0 Å². The van der Waals surface area contributed by atoms with Crippen LogP contribution in [-0.4, -0.2) is 37.0 Å². The summed E-state index contributed by atoms with van der Waals surface area (Å²) in [4.78, 5) is 36.1. The minimum Gasteiger partial charge on any atom is -0.467 e. The smallest absolute Gasteiger partial charge is 0.328 e. The second-order valence-electron chi connectivity index (χ2n) is 6.48. The van der Waals surface area contributed by atoms with Crippen molar-refractivity contribution in [2.24, 2.45) is 0 Å². The molecule has 2 N–H and O–H groups in total. The standard InChI is InChI=1S/C20H29FN2O4/c1-4-5-6-7-12-17(20(26)27-3)23-19(25)18(22-14(2)24)13-15-10-8-9-11-16(15)21/h8-11,17-18H,4-7,12-13H2,1-3H3,(H,22,24)(H,23,25)/t17-,18-/m0/s1. The van der Waals surface area contributed by atoms with Gasteiger partial charge in [-0.2, -0.15) is 0 Å². The zero-order chi connectivity index (χ0) is 20.2. The van der Waals surface area contributed by atoms with E-state index in [0.29, 0.717) is 12.0 Å². The van der Waals surface area contributed by atoms with Gasteiger partial charge in [0.25, 0.3) is 0 Å². The number of unbranched alkanes of at least 4 members (excludes halogenated alkanes) is 3. The number of methoxy groups -OCH3 is 1. The van der Waals surface area contributed by atoms with E-state index in [4.69, 9.17) is 4.74 Å². The van der Waals surface area contributed by atoms with Crippen LogP contribution in [0.4, 0.5) is 4.39 Å². The lowest BCUT2D eigenvalue weighted by Crippen LogP contribution is -2.52. The number of rotatable bonds is 11. The van der Waals surface area contributed by atoms with Gasteiger partial charge in [0.1, 0.15) is 17.9 Å². The van der Waals surface area contributed by atoms with E-state index in [-0.39, 0.29) is 6.42 Å². The monoisotopic (exact) mass is 380 g/mol. The van der Waals surface area contributed by atoms with E-state index in [1.807, 2.05) is 0 Å². The molecule has 0 aromatic heterocycles. The highest BCUT2D eigenvalue weighted by atomic mass is 19.1. The first-order valence-electron chi connectivity index (χ1n) is 9.27. The van der Waals surface area contributed by atoms with Gasteiger partial charge in [-0.25, -0.2) is 9.18 Å². The van der Waals surface area contributed by atoms with Gasteiger partial charge in [0.2, 0.25) is 11.8 Å². The number of ether oxygens (including phenoxy) is 1. The third-order valence-corrected chi connectivity index (χ3v) is 4.22. The Morgan fingerprint density at radius 1 is 1.07 bits per heavy atom. The van der Waals surface area contributed by atoms with Gasteiger partial charge >= 0.3 is 5.97 Å². The summed E-state index contributed by atoms with van der Waals surface area (Å²) >= 11 is 0. The predicted octanol–water partition coefficient (Wildman–Crippen LogP) is 2.50. The molecule has 0 spiro atoms. The molecular weight excluding hydrogens is 351 g/mol. The molecule has 0 aliphatic heterocycles. The minimum atomic E-state index is -0.984. The third kappa shape index (κ3) is 8.19. The molecule has 0 saturated carbocycles. The number of benzene rings is 1. The minimum absolute atomic E-state index is 0.0121. The van der Waals surface area contributed by atoms with E-state index in [1.54, 1.807) is 18.2 Å². The van der Waals surface area contributed by atoms with Crippen LogP contribution in [0, 0.1) is 5.82 Å². The molecule has 0 bridgehead atoms. The molecule has 2 amide bonds. The van der Waals surface area contributed by atoms with Gasteiger partial charge in [0.15, 0.2) is 0 Å². The topological polar surface area (TPSA) is 84.5 Å². The molecule has 0 radical (unpaired) electrons. The van der Waals surface area contributed by atoms with Crippen LogP contribution < -0.4 is 10.6 Å². The zero-order valence-corrected chi connectivity index (χ0v) is 16.2. The van der Waals surface area contributed by atoms with Crippen LogP contribution in [0.2, 0.25) is 0 Å². The number of nitrogens with one attached hydrogen (secondary N) is 2. The molecule has 0 aliphatic carbocycles. The number of hydrogen-bond donors (Lipinski definition) is 2. The van der Waals surface area contributed by atoms with E-state index >= 15 is 0 Å². The van der Waals surface area contributed by atoms with Gasteiger partial charge in [-0.05, 0) is 18.1 Å². The molecular formula is C20H29FN2O4. The van der Waals surface area contributed by atoms with Crippen LogP contribution in [0.25, 0.3) is 0 Å². The van der Waals surface area contributed by atoms with E-state index in [9.17, 15) is 18.8 Å². The summed E-state index contributed by atoms with van der Waals surface area (Å²) in [6.45, 7) is 3.37. The summed E-state index contributed by atoms with van der Waals surface area (Å²) in [5.41, 5.74) is 0.309. The molecule has 0 saturated heterocycles. The summed E-state index contributed by atoms with van der Waals surface area (Å²) in [5, 5.41) is 5.16. The lowest BCUT2D eigenvalue weighted by Gasteiger charge is -2.22. The van der Waals surface area contributed by atoms with E-state index in [1.165, 1.54) is 20.1 Å². The molecule has 1 rings (SSSR count). The molecule has 0 heterocycles. The zero-order valence-electron chi connectivity index (χ0n) is 16.2. The Bertz CT molecular complexity index is 636. The van der Waals surface area contributed by atoms with E-state index < -0.39 is 35.7 Å². The van der Waals surface area contributed by atoms with Crippen molar-refractivity contribution in [3.05, 3.63) is 35.6 Å². The largest absolute Gasteiger partial charge is 0.467 e. The molecule has 150 valence electrons. The number of halogens is 1. The second kappa shape index (κ2) is 12.0. The fourth-order valence-electron chi connectivity index (χ4n) is 2.78. The molecule has 6 nitrogen and oxygen atoms in total. The summed E-state index contributed by atoms with van der Waals surface area (Å²) < 4.78 is 18.7. The number of amides is 2. The molecule has 2 atom stereocenters. The molecule has 7 heteroatoms. The molecule has 1 aromatic carbocycles. The third-order valence-electron chi connectivity index (χ3n) is 4.22. The van der Waals surface area contributed by atoms with Crippen LogP contribution in [0.15, 0.2) is 24.3 Å². The van der Waals surface area contributed by atoms with Crippen LogP contribution in [-0.2, 0) is 25.5 Å². The highest BCUT2D eigenvalue weighted by Crippen LogP contribution is 2.11. The Kier molecular flexibility index (Phi) is 10.1. The summed E-state index contributed by atoms with van der Waals surface area (Å²) in [5.74, 6) is -1.94. The number of esters is 1. The van der Waals surface area contributed by atoms with Crippen LogP contribution in [0.3, 0.4) is 0 Å². The van der Waals surface area contributed by atoms with E-state index in [2.05, 4.69) is 17.6 Å². The fourth-order valence-corrected chi connectivity index (χ4v) is 2.78. The van der Waals surface area contributed by atoms with Crippen molar-refractivity contribution < 1.29 is 23.5 Å². The van der Waals surface area contributed by atoms with E-state index in [0.717, 1.165) is 25.7 Å². The molecule has 0 unspecified atom stereocenters. The summed E-state index contributed by atoms with van der Waals surface area (Å²) in [6, 6.07) is 4.28. The fraction of sp³-hybridized carbons (Fsp3) is 0.550. The van der Waals surface area contributed by atoms with Crippen LogP contribution in [0.5, 0.6) is 0 Å². The predicted molar refractivity (Wildman–Crippen MR) is 100 cm³/mol. The van der Waals surface area contributed by atoms with Gasteiger partial charge in [-0.1, -0.05) is 50.8 Å². The van der Waals surface area contributed by atoms with Crippen LogP contribution in [0.1, 0.15) is 51.5 Å². The van der Waals surface area contributed by atoms with Crippen molar-refractivity contribution in [1.29, 1.82) is 0 Å². The average molecular weight is 380 g/mol. The van der Waals surface area contributed by atoms with Crippen molar-refractivity contribution in [3.8, 4) is 0 Å². The quantitative estimate of drug-likeness (QED) is 0.456. The lowest BCUT2D eigenvalue weighted by atomic mass is 10.0. The Morgan fingerprint density at radius 3 is 2.37 bits per heavy atom. The normalized spacial score (nSPS) is 12.7. The van der Waals surface area contributed by atoms with Crippen molar-refractivity contribution in [3.63, 3.8) is 0 Å². The van der Waals surface area contributed by atoms with Gasteiger partial charge in [-0.3, -0.25) is 9.59 Å². The molecule has 1 aromatic rings. The maximum atomic E-state index is 13.9. The molecule has 0 fully saturated rings. The van der Waals surface area contributed by atoms with Gasteiger partial charge in [-0.15, -0.1) is 0 Å². The summed E-state index contributed by atoms with van der Waals surface area (Å²) in [6.07, 6.45) is 4.26. The molecule has 27 heavy (non-hydrogen) atoms. The average Bonchev–Trinajstić information content (AvgIpc) is 2.64. The van der Waals surface area contributed by atoms with Gasteiger partial charge < -0.3 is 15.4 Å². The Hall–Kier alpha value is -2.44. The number of carbonyl (C=O) groups excluding carboxylic acids is 3. The first-order chi connectivity index (χ1) is 12.9. The van der Waals surface area contributed by atoms with Gasteiger partial charge in [0.05, 0.1) is 7.11 Å². The number of carbonyl (C=O) groups is 3. The van der Waals surface area contributed by atoms with Crippen molar-refractivity contribution in [2.45, 2.75) is 64.5 Å². The lowest BCUT2D eigenvalue weighted by molar-refractivity contribution is -0.145. The first kappa shape index (κ1) is 22.6. The van der Waals surface area contributed by atoms with Crippen molar-refractivity contribution in [1.82, 2.24) is 10.6 Å². The van der Waals surface area contributed by atoms with Crippen molar-refractivity contribution in [2.75, 3.05) is 7.11 Å². The highest BCUT2D eigenvalue weighted by molar-refractivity contribution is 5.90. The van der Waals surface area contributed by atoms with Gasteiger partial charge in [0, 0.05) is 13.3 Å². The Morgan fingerprint density at radius 2 is 1.78 bits per heavy atom.